The predicted molar refractivity (Wildman–Crippen MR) is 77.4 cm³/mol. The quantitative estimate of drug-likeness (QED) is 0.601. The van der Waals surface area contributed by atoms with E-state index in [2.05, 4.69) is 43.4 Å². The molecule has 1 nitrogen and oxygen atoms in total. The Kier molecular flexibility index (Phi) is 7.53. The maximum Gasteiger partial charge on any atom is 0.0340 e. The molecule has 1 aromatic rings. The second kappa shape index (κ2) is 9.09. The Morgan fingerprint density at radius 1 is 1.00 bits per heavy atom. The van der Waals surface area contributed by atoms with Crippen molar-refractivity contribution >= 4 is 5.69 Å². The second-order valence-corrected chi connectivity index (χ2v) is 4.64. The van der Waals surface area contributed by atoms with E-state index in [1.54, 1.807) is 0 Å². The molecule has 0 aliphatic carbocycles. The maximum absolute atomic E-state index is 3.86. The third-order valence-electron chi connectivity index (χ3n) is 3.03. The summed E-state index contributed by atoms with van der Waals surface area (Å²) in [6, 6.07) is 8.89. The zero-order chi connectivity index (χ0) is 12.3. The van der Waals surface area contributed by atoms with Crippen LogP contribution in [0.25, 0.3) is 0 Å². The minimum Gasteiger partial charge on any atom is -0.385 e. The first-order chi connectivity index (χ1) is 8.36. The van der Waals surface area contributed by atoms with E-state index in [1.165, 1.54) is 49.8 Å². The van der Waals surface area contributed by atoms with E-state index in [1.807, 2.05) is 0 Å². The second-order valence-electron chi connectivity index (χ2n) is 4.64. The van der Waals surface area contributed by atoms with Crippen molar-refractivity contribution in [2.45, 2.75) is 51.9 Å². The maximum atomic E-state index is 3.86. The minimum atomic E-state index is 1.06. The van der Waals surface area contributed by atoms with Crippen LogP contribution in [0.15, 0.2) is 24.3 Å². The van der Waals surface area contributed by atoms with E-state index in [0.29, 0.717) is 0 Å². The van der Waals surface area contributed by atoms with Gasteiger partial charge in [-0.25, -0.2) is 0 Å². The van der Waals surface area contributed by atoms with Crippen LogP contribution in [0.1, 0.15) is 51.0 Å². The summed E-state index contributed by atoms with van der Waals surface area (Å²) >= 11 is 0. The van der Waals surface area contributed by atoms with Crippen LogP contribution in [0, 0.1) is 6.92 Å². The summed E-state index contributed by atoms with van der Waals surface area (Å²) in [5, 5.41) is 3.47. The van der Waals surface area contributed by atoms with Gasteiger partial charge in [0.15, 0.2) is 0 Å². The van der Waals surface area contributed by atoms with Crippen LogP contribution in [0.5, 0.6) is 0 Å². The third-order valence-corrected chi connectivity index (χ3v) is 3.03. The van der Waals surface area contributed by atoms with Crippen molar-refractivity contribution in [1.29, 1.82) is 0 Å². The Hall–Kier alpha value is -0.980. The van der Waals surface area contributed by atoms with Crippen molar-refractivity contribution in [3.05, 3.63) is 36.8 Å². The zero-order valence-corrected chi connectivity index (χ0v) is 11.2. The number of nitrogens with one attached hydrogen (secondary N) is 1. The van der Waals surface area contributed by atoms with E-state index in [-0.39, 0.29) is 0 Å². The van der Waals surface area contributed by atoms with Gasteiger partial charge in [0.2, 0.25) is 0 Å². The molecule has 0 unspecified atom stereocenters. The van der Waals surface area contributed by atoms with Crippen molar-refractivity contribution < 1.29 is 0 Å². The predicted octanol–water partition coefficient (Wildman–Crippen LogP) is 4.84. The zero-order valence-electron chi connectivity index (χ0n) is 11.2. The highest BCUT2D eigenvalue weighted by atomic mass is 14.9. The Morgan fingerprint density at radius 2 is 1.76 bits per heavy atom. The van der Waals surface area contributed by atoms with Crippen molar-refractivity contribution in [3.63, 3.8) is 0 Å². The first-order valence-corrected chi connectivity index (χ1v) is 6.99. The molecule has 1 N–H and O–H groups in total. The summed E-state index contributed by atoms with van der Waals surface area (Å²) in [5.74, 6) is 0. The molecule has 17 heavy (non-hydrogen) atoms. The molecule has 1 radical (unpaired) electrons. The number of rotatable bonds is 9. The van der Waals surface area contributed by atoms with E-state index in [9.17, 15) is 0 Å². The molecule has 0 spiro atoms. The fourth-order valence-electron chi connectivity index (χ4n) is 1.88. The highest BCUT2D eigenvalue weighted by Gasteiger charge is 1.94. The molecule has 0 aromatic heterocycles. The van der Waals surface area contributed by atoms with Crippen LogP contribution < -0.4 is 5.32 Å². The van der Waals surface area contributed by atoms with Gasteiger partial charge < -0.3 is 5.32 Å². The largest absolute Gasteiger partial charge is 0.385 e. The Labute approximate surface area is 107 Å². The van der Waals surface area contributed by atoms with Crippen molar-refractivity contribution in [2.75, 3.05) is 11.9 Å². The van der Waals surface area contributed by atoms with Gasteiger partial charge in [0, 0.05) is 12.2 Å². The molecule has 0 atom stereocenters. The van der Waals surface area contributed by atoms with Crippen molar-refractivity contribution in [2.24, 2.45) is 0 Å². The van der Waals surface area contributed by atoms with E-state index < -0.39 is 0 Å². The summed E-state index contributed by atoms with van der Waals surface area (Å²) in [7, 11) is 0. The summed E-state index contributed by atoms with van der Waals surface area (Å²) in [5.41, 5.74) is 2.70. The lowest BCUT2D eigenvalue weighted by atomic mass is 10.1. The van der Waals surface area contributed by atoms with Gasteiger partial charge in [0.25, 0.3) is 0 Å². The monoisotopic (exact) mass is 232 g/mol. The molecule has 1 aromatic carbocycles. The number of hydrogen-bond donors (Lipinski definition) is 1. The number of benzene rings is 1. The average Bonchev–Trinajstić information content (AvgIpc) is 2.37. The summed E-state index contributed by atoms with van der Waals surface area (Å²) < 4.78 is 0. The van der Waals surface area contributed by atoms with Crippen LogP contribution in [0.4, 0.5) is 5.69 Å². The molecular weight excluding hydrogens is 206 g/mol. The standard InChI is InChI=1S/C16H26N/c1-3-5-7-8-14-17-16-12-10-15(11-13-16)9-6-4-2/h10-13,17H,1,3-9,14H2,2H3. The highest BCUT2D eigenvalue weighted by molar-refractivity contribution is 5.44. The van der Waals surface area contributed by atoms with Crippen molar-refractivity contribution in [1.82, 2.24) is 0 Å². The Morgan fingerprint density at radius 3 is 2.41 bits per heavy atom. The Balaban J connectivity index is 2.20. The fraction of sp³-hybridized carbons (Fsp3) is 0.562. The molecule has 0 heterocycles. The minimum absolute atomic E-state index is 1.06. The van der Waals surface area contributed by atoms with Gasteiger partial charge in [-0.15, -0.1) is 0 Å². The van der Waals surface area contributed by atoms with E-state index in [0.717, 1.165) is 13.0 Å². The smallest absolute Gasteiger partial charge is 0.0340 e. The normalized spacial score (nSPS) is 10.5. The molecule has 0 saturated heterocycles. The lowest BCUT2D eigenvalue weighted by Gasteiger charge is -2.07. The van der Waals surface area contributed by atoms with Gasteiger partial charge in [-0.05, 0) is 37.0 Å². The molecule has 1 heteroatoms. The van der Waals surface area contributed by atoms with Gasteiger partial charge in [-0.3, -0.25) is 0 Å². The molecule has 0 aliphatic heterocycles. The lowest BCUT2D eigenvalue weighted by molar-refractivity contribution is 0.707. The molecule has 95 valence electrons. The third kappa shape index (κ3) is 6.35. The molecular formula is C16H26N. The van der Waals surface area contributed by atoms with Crippen LogP contribution >= 0.6 is 0 Å². The molecule has 0 bridgehead atoms. The molecule has 0 aliphatic rings. The average molecular weight is 232 g/mol. The number of unbranched alkanes of at least 4 members (excludes halogenated alkanes) is 4. The molecule has 0 fully saturated rings. The highest BCUT2D eigenvalue weighted by Crippen LogP contribution is 2.12. The first-order valence-electron chi connectivity index (χ1n) is 6.99. The van der Waals surface area contributed by atoms with Crippen molar-refractivity contribution in [3.8, 4) is 0 Å². The van der Waals surface area contributed by atoms with Gasteiger partial charge >= 0.3 is 0 Å². The van der Waals surface area contributed by atoms with Gasteiger partial charge in [-0.2, -0.15) is 0 Å². The SMILES string of the molecule is [CH2]CCCCCNc1ccc(CCCC)cc1. The van der Waals surface area contributed by atoms with Gasteiger partial charge in [0.05, 0.1) is 0 Å². The van der Waals surface area contributed by atoms with Crippen LogP contribution in [-0.2, 0) is 6.42 Å². The number of hydrogen-bond acceptors (Lipinski definition) is 1. The van der Waals surface area contributed by atoms with Crippen LogP contribution in [0.2, 0.25) is 0 Å². The lowest BCUT2D eigenvalue weighted by Crippen LogP contribution is -2.01. The van der Waals surface area contributed by atoms with E-state index in [4.69, 9.17) is 0 Å². The van der Waals surface area contributed by atoms with E-state index >= 15 is 0 Å². The topological polar surface area (TPSA) is 12.0 Å². The molecule has 0 saturated carbocycles. The number of anilines is 1. The fourth-order valence-corrected chi connectivity index (χ4v) is 1.88. The Bertz CT molecular complexity index is 276. The summed E-state index contributed by atoms with van der Waals surface area (Å²) in [6.45, 7) is 7.17. The summed E-state index contributed by atoms with van der Waals surface area (Å²) in [6.07, 6.45) is 8.60. The summed E-state index contributed by atoms with van der Waals surface area (Å²) in [4.78, 5) is 0. The number of aryl methyl sites for hydroxylation is 1. The van der Waals surface area contributed by atoms with Gasteiger partial charge in [0.1, 0.15) is 0 Å². The molecule has 1 rings (SSSR count). The molecule has 0 amide bonds. The first kappa shape index (κ1) is 14.1. The van der Waals surface area contributed by atoms with Crippen LogP contribution in [-0.4, -0.2) is 6.54 Å². The van der Waals surface area contributed by atoms with Crippen LogP contribution in [0.3, 0.4) is 0 Å². The van der Waals surface area contributed by atoms with Gasteiger partial charge in [-0.1, -0.05) is 51.7 Å².